The van der Waals surface area contributed by atoms with Crippen molar-refractivity contribution < 1.29 is 9.47 Å². The van der Waals surface area contributed by atoms with Crippen LogP contribution in [0.5, 0.6) is 11.5 Å². The first kappa shape index (κ1) is 20.5. The molecule has 0 bridgehead atoms. The second kappa shape index (κ2) is 8.13. The Morgan fingerprint density at radius 2 is 1.37 bits per heavy atom. The Bertz CT molecular complexity index is 1190. The van der Waals surface area contributed by atoms with Gasteiger partial charge < -0.3 is 14.0 Å². The fourth-order valence-corrected chi connectivity index (χ4v) is 3.66. The second-order valence-corrected chi connectivity index (χ2v) is 9.07. The molecule has 0 N–H and O–H groups in total. The molecule has 0 atom stereocenters. The Balaban J connectivity index is 1.93. The van der Waals surface area contributed by atoms with E-state index in [1.54, 1.807) is 0 Å². The number of rotatable bonds is 7. The predicted molar refractivity (Wildman–Crippen MR) is 124 cm³/mol. The van der Waals surface area contributed by atoms with Gasteiger partial charge in [-0.05, 0) is 31.7 Å². The lowest BCUT2D eigenvalue weighted by molar-refractivity contribution is 0.230. The number of para-hydroxylation sites is 1. The Labute approximate surface area is 178 Å². The molecule has 2 heterocycles. The van der Waals surface area contributed by atoms with Crippen LogP contribution in [-0.4, -0.2) is 27.7 Å². The van der Waals surface area contributed by atoms with Gasteiger partial charge in [-0.15, -0.1) is 0 Å². The highest BCUT2D eigenvalue weighted by molar-refractivity contribution is 6.06. The summed E-state index contributed by atoms with van der Waals surface area (Å²) < 4.78 is 14.4. The molecule has 30 heavy (non-hydrogen) atoms. The highest BCUT2D eigenvalue weighted by Gasteiger charge is 2.18. The van der Waals surface area contributed by atoms with Crippen molar-refractivity contribution in [2.45, 2.75) is 47.6 Å². The fourth-order valence-electron chi connectivity index (χ4n) is 3.66. The first-order chi connectivity index (χ1) is 14.3. The molecule has 0 fully saturated rings. The molecule has 2 aromatic heterocycles. The molecular formula is C25H31N3O2. The molecule has 2 aromatic carbocycles. The third-order valence-corrected chi connectivity index (χ3v) is 5.02. The first-order valence-corrected chi connectivity index (χ1v) is 10.8. The SMILES string of the molecule is CC(C)COc1cc2nc3c4ccccc4n(C(C)C)c3nc2cc1OCC(C)C. The van der Waals surface area contributed by atoms with Crippen LogP contribution in [0.2, 0.25) is 0 Å². The summed E-state index contributed by atoms with van der Waals surface area (Å²) in [7, 11) is 0. The molecule has 5 nitrogen and oxygen atoms in total. The van der Waals surface area contributed by atoms with Crippen LogP contribution in [0.3, 0.4) is 0 Å². The van der Waals surface area contributed by atoms with E-state index < -0.39 is 0 Å². The van der Waals surface area contributed by atoms with Gasteiger partial charge in [0.1, 0.15) is 5.52 Å². The van der Waals surface area contributed by atoms with E-state index in [0.29, 0.717) is 25.0 Å². The molecule has 0 aliphatic heterocycles. The summed E-state index contributed by atoms with van der Waals surface area (Å²) in [4.78, 5) is 10.0. The lowest BCUT2D eigenvalue weighted by Gasteiger charge is -2.16. The van der Waals surface area contributed by atoms with Crippen molar-refractivity contribution in [1.82, 2.24) is 14.5 Å². The highest BCUT2D eigenvalue weighted by Crippen LogP contribution is 2.35. The summed E-state index contributed by atoms with van der Waals surface area (Å²) in [5.74, 6) is 2.32. The van der Waals surface area contributed by atoms with Crippen LogP contribution in [0.1, 0.15) is 47.6 Å². The minimum atomic E-state index is 0.282. The summed E-state index contributed by atoms with van der Waals surface area (Å²) in [5.41, 5.74) is 4.64. The van der Waals surface area contributed by atoms with Crippen molar-refractivity contribution >= 4 is 33.1 Å². The van der Waals surface area contributed by atoms with Crippen molar-refractivity contribution in [2.24, 2.45) is 11.8 Å². The van der Waals surface area contributed by atoms with Crippen LogP contribution in [0.15, 0.2) is 36.4 Å². The number of ether oxygens (including phenoxy) is 2. The second-order valence-electron chi connectivity index (χ2n) is 9.07. The molecule has 4 rings (SSSR count). The lowest BCUT2D eigenvalue weighted by atomic mass is 10.2. The van der Waals surface area contributed by atoms with Crippen molar-refractivity contribution in [3.8, 4) is 11.5 Å². The van der Waals surface area contributed by atoms with Gasteiger partial charge >= 0.3 is 0 Å². The van der Waals surface area contributed by atoms with Crippen LogP contribution in [0, 0.1) is 11.8 Å². The van der Waals surface area contributed by atoms with Crippen molar-refractivity contribution in [2.75, 3.05) is 13.2 Å². The minimum Gasteiger partial charge on any atom is -0.489 e. The monoisotopic (exact) mass is 405 g/mol. The number of hydrogen-bond acceptors (Lipinski definition) is 4. The molecule has 158 valence electrons. The maximum Gasteiger partial charge on any atom is 0.163 e. The fraction of sp³-hybridized carbons (Fsp3) is 0.440. The third-order valence-electron chi connectivity index (χ3n) is 5.02. The number of nitrogens with zero attached hydrogens (tertiary/aromatic N) is 3. The molecule has 0 radical (unpaired) electrons. The van der Waals surface area contributed by atoms with Gasteiger partial charge in [-0.25, -0.2) is 9.97 Å². The van der Waals surface area contributed by atoms with Crippen LogP contribution in [0.25, 0.3) is 33.1 Å². The Hall–Kier alpha value is -2.82. The zero-order valence-electron chi connectivity index (χ0n) is 18.8. The maximum atomic E-state index is 6.09. The van der Waals surface area contributed by atoms with Crippen molar-refractivity contribution in [3.63, 3.8) is 0 Å². The summed E-state index contributed by atoms with van der Waals surface area (Å²) in [5, 5.41) is 1.13. The molecule has 0 unspecified atom stereocenters. The summed E-state index contributed by atoms with van der Waals surface area (Å²) in [6.45, 7) is 14.2. The van der Waals surface area contributed by atoms with Crippen LogP contribution in [-0.2, 0) is 0 Å². The van der Waals surface area contributed by atoms with Crippen molar-refractivity contribution in [1.29, 1.82) is 0 Å². The van der Waals surface area contributed by atoms with Gasteiger partial charge in [0.2, 0.25) is 0 Å². The maximum absolute atomic E-state index is 6.09. The molecule has 5 heteroatoms. The van der Waals surface area contributed by atoms with E-state index in [1.807, 2.05) is 12.1 Å². The summed E-state index contributed by atoms with van der Waals surface area (Å²) in [6.07, 6.45) is 0. The standard InChI is InChI=1S/C25H31N3O2/c1-15(2)13-29-22-11-19-20(12-23(22)30-14-16(3)4)27-25-24(26-19)18-9-7-8-10-21(18)28(25)17(5)6/h7-12,15-17H,13-14H2,1-6H3. The largest absolute Gasteiger partial charge is 0.489 e. The van der Waals surface area contributed by atoms with E-state index in [1.165, 1.54) is 0 Å². The molecule has 0 amide bonds. The molecule has 0 aliphatic carbocycles. The van der Waals surface area contributed by atoms with Gasteiger partial charge in [0.15, 0.2) is 17.1 Å². The van der Waals surface area contributed by atoms with E-state index >= 15 is 0 Å². The number of benzene rings is 2. The van der Waals surface area contributed by atoms with Crippen LogP contribution in [0.4, 0.5) is 0 Å². The molecule has 0 saturated carbocycles. The molecule has 0 saturated heterocycles. The average Bonchev–Trinajstić information content (AvgIpc) is 3.02. The van der Waals surface area contributed by atoms with E-state index in [0.717, 1.165) is 44.6 Å². The quantitative estimate of drug-likeness (QED) is 0.357. The number of aromatic nitrogens is 3. The van der Waals surface area contributed by atoms with Gasteiger partial charge in [-0.3, -0.25) is 0 Å². The van der Waals surface area contributed by atoms with Crippen LogP contribution >= 0.6 is 0 Å². The topological polar surface area (TPSA) is 49.2 Å². The molecular weight excluding hydrogens is 374 g/mol. The van der Waals surface area contributed by atoms with Gasteiger partial charge in [0.05, 0.1) is 29.8 Å². The van der Waals surface area contributed by atoms with Gasteiger partial charge in [-0.2, -0.15) is 0 Å². The Morgan fingerprint density at radius 1 is 0.800 bits per heavy atom. The number of hydrogen-bond donors (Lipinski definition) is 0. The number of fused-ring (bicyclic) bond motifs is 4. The summed E-state index contributed by atoms with van der Waals surface area (Å²) in [6, 6.07) is 12.6. The van der Waals surface area contributed by atoms with E-state index in [4.69, 9.17) is 19.4 Å². The minimum absolute atomic E-state index is 0.282. The van der Waals surface area contributed by atoms with Crippen molar-refractivity contribution in [3.05, 3.63) is 36.4 Å². The van der Waals surface area contributed by atoms with E-state index in [-0.39, 0.29) is 6.04 Å². The van der Waals surface area contributed by atoms with E-state index in [2.05, 4.69) is 70.4 Å². The lowest BCUT2D eigenvalue weighted by Crippen LogP contribution is -2.09. The predicted octanol–water partition coefficient (Wildman–Crippen LogP) is 6.39. The average molecular weight is 406 g/mol. The zero-order chi connectivity index (χ0) is 21.4. The van der Waals surface area contributed by atoms with Crippen LogP contribution < -0.4 is 9.47 Å². The highest BCUT2D eigenvalue weighted by atomic mass is 16.5. The Kier molecular flexibility index (Phi) is 5.54. The van der Waals surface area contributed by atoms with Gasteiger partial charge in [-0.1, -0.05) is 45.9 Å². The summed E-state index contributed by atoms with van der Waals surface area (Å²) >= 11 is 0. The third kappa shape index (κ3) is 3.81. The molecule has 4 aromatic rings. The van der Waals surface area contributed by atoms with Gasteiger partial charge in [0.25, 0.3) is 0 Å². The van der Waals surface area contributed by atoms with Gasteiger partial charge in [0, 0.05) is 23.6 Å². The molecule has 0 aliphatic rings. The smallest absolute Gasteiger partial charge is 0.163 e. The first-order valence-electron chi connectivity index (χ1n) is 10.8. The normalized spacial score (nSPS) is 12.2. The Morgan fingerprint density at radius 3 is 1.93 bits per heavy atom. The zero-order valence-corrected chi connectivity index (χ0v) is 18.8. The molecule has 0 spiro atoms. The van der Waals surface area contributed by atoms with E-state index in [9.17, 15) is 0 Å².